The first-order valence-electron chi connectivity index (χ1n) is 6.31. The highest BCUT2D eigenvalue weighted by atomic mass is 35.5. The number of nitrogens with two attached hydrogens (primary N) is 1. The van der Waals surface area contributed by atoms with Crippen LogP contribution >= 0.6 is 11.6 Å². The van der Waals surface area contributed by atoms with Crippen LogP contribution in [0.2, 0.25) is 5.02 Å². The quantitative estimate of drug-likeness (QED) is 0.879. The van der Waals surface area contributed by atoms with E-state index in [4.69, 9.17) is 17.3 Å². The number of hydrogen-bond acceptors (Lipinski definition) is 3. The van der Waals surface area contributed by atoms with Gasteiger partial charge in [-0.2, -0.15) is 0 Å². The van der Waals surface area contributed by atoms with E-state index in [1.165, 1.54) is 6.20 Å². The van der Waals surface area contributed by atoms with Crippen LogP contribution in [0.4, 0.5) is 0 Å². The lowest BCUT2D eigenvalue weighted by Gasteiger charge is -2.16. The molecule has 2 rings (SSSR count). The first kappa shape index (κ1) is 15.0. The van der Waals surface area contributed by atoms with E-state index in [-0.39, 0.29) is 6.42 Å². The summed E-state index contributed by atoms with van der Waals surface area (Å²) in [7, 11) is 0. The normalized spacial score (nSPS) is 11.7. The predicted octanol–water partition coefficient (Wildman–Crippen LogP) is 1.56. The maximum atomic E-state index is 12.0. The Bertz CT molecular complexity index is 646. The molecule has 1 aromatic heterocycles. The molecule has 0 unspecified atom stereocenters. The third kappa shape index (κ3) is 4.03. The van der Waals surface area contributed by atoms with Crippen molar-refractivity contribution in [1.82, 2.24) is 10.3 Å². The fraction of sp³-hybridized carbons (Fsp3) is 0.133. The van der Waals surface area contributed by atoms with Crippen LogP contribution in [0, 0.1) is 0 Å². The Morgan fingerprint density at radius 1 is 1.24 bits per heavy atom. The number of halogens is 1. The van der Waals surface area contributed by atoms with E-state index in [9.17, 15) is 9.59 Å². The number of carbonyl (C=O) groups is 2. The molecule has 2 aromatic rings. The summed E-state index contributed by atoms with van der Waals surface area (Å²) in [6.07, 6.45) is 3.22. The van der Waals surface area contributed by atoms with Crippen molar-refractivity contribution < 1.29 is 9.59 Å². The van der Waals surface area contributed by atoms with Gasteiger partial charge in [-0.25, -0.2) is 0 Å². The Morgan fingerprint density at radius 2 is 2.00 bits per heavy atom. The largest absolute Gasteiger partial charge is 0.368 e. The number of aromatic nitrogens is 1. The number of benzene rings is 1. The van der Waals surface area contributed by atoms with E-state index in [2.05, 4.69) is 10.3 Å². The molecule has 108 valence electrons. The highest BCUT2D eigenvalue weighted by Crippen LogP contribution is 2.16. The van der Waals surface area contributed by atoms with Crippen LogP contribution in [-0.4, -0.2) is 22.8 Å². The van der Waals surface area contributed by atoms with Gasteiger partial charge in [0.25, 0.3) is 5.91 Å². The number of primary amides is 1. The number of rotatable bonds is 5. The van der Waals surface area contributed by atoms with Gasteiger partial charge in [0, 0.05) is 23.8 Å². The third-order valence-corrected chi connectivity index (χ3v) is 3.32. The maximum Gasteiger partial charge on any atom is 0.253 e. The SMILES string of the molecule is NC(=O)[C@@H](Cc1ccccc1Cl)NC(=O)c1cccnc1. The molecule has 0 spiro atoms. The van der Waals surface area contributed by atoms with Crippen molar-refractivity contribution in [1.29, 1.82) is 0 Å². The van der Waals surface area contributed by atoms with Gasteiger partial charge in [0.1, 0.15) is 6.04 Å². The standard InChI is InChI=1S/C15H14ClN3O2/c16-12-6-2-1-4-10(12)8-13(14(17)20)19-15(21)11-5-3-7-18-9-11/h1-7,9,13H,8H2,(H2,17,20)(H,19,21)/t13-/m1/s1. The second-order valence-corrected chi connectivity index (χ2v) is 4.87. The van der Waals surface area contributed by atoms with Crippen molar-refractivity contribution in [2.45, 2.75) is 12.5 Å². The average molecular weight is 304 g/mol. The molecule has 21 heavy (non-hydrogen) atoms. The minimum atomic E-state index is -0.836. The molecule has 0 aliphatic rings. The van der Waals surface area contributed by atoms with Gasteiger partial charge in [0.15, 0.2) is 0 Å². The summed E-state index contributed by atoms with van der Waals surface area (Å²) in [6, 6.07) is 9.52. The van der Waals surface area contributed by atoms with Gasteiger partial charge in [0.05, 0.1) is 5.56 Å². The van der Waals surface area contributed by atoms with Crippen LogP contribution in [0.5, 0.6) is 0 Å². The van der Waals surface area contributed by atoms with Crippen molar-refractivity contribution in [2.24, 2.45) is 5.73 Å². The number of carbonyl (C=O) groups excluding carboxylic acids is 2. The van der Waals surface area contributed by atoms with Gasteiger partial charge in [-0.1, -0.05) is 29.8 Å². The number of nitrogens with one attached hydrogen (secondary N) is 1. The Hall–Kier alpha value is -2.40. The van der Waals surface area contributed by atoms with E-state index in [0.717, 1.165) is 5.56 Å². The van der Waals surface area contributed by atoms with Crippen LogP contribution in [-0.2, 0) is 11.2 Å². The van der Waals surface area contributed by atoms with Gasteiger partial charge < -0.3 is 11.1 Å². The van der Waals surface area contributed by atoms with Crippen LogP contribution in [0.25, 0.3) is 0 Å². The zero-order valence-electron chi connectivity index (χ0n) is 11.1. The van der Waals surface area contributed by atoms with E-state index in [1.54, 1.807) is 36.5 Å². The van der Waals surface area contributed by atoms with Crippen molar-refractivity contribution >= 4 is 23.4 Å². The summed E-state index contributed by atoms with van der Waals surface area (Å²) < 4.78 is 0. The van der Waals surface area contributed by atoms with Gasteiger partial charge >= 0.3 is 0 Å². The van der Waals surface area contributed by atoms with Crippen molar-refractivity contribution in [3.05, 3.63) is 64.9 Å². The number of pyridine rings is 1. The highest BCUT2D eigenvalue weighted by Gasteiger charge is 2.20. The monoisotopic (exact) mass is 303 g/mol. The number of hydrogen-bond donors (Lipinski definition) is 2. The lowest BCUT2D eigenvalue weighted by atomic mass is 10.0. The lowest BCUT2D eigenvalue weighted by molar-refractivity contribution is -0.119. The summed E-state index contributed by atoms with van der Waals surface area (Å²) in [5.74, 6) is -1.02. The highest BCUT2D eigenvalue weighted by molar-refractivity contribution is 6.31. The van der Waals surface area contributed by atoms with Gasteiger partial charge in [-0.05, 0) is 23.8 Å². The Balaban J connectivity index is 2.12. The molecular formula is C15H14ClN3O2. The molecule has 0 aliphatic heterocycles. The topological polar surface area (TPSA) is 85.1 Å². The van der Waals surface area contributed by atoms with Crippen molar-refractivity contribution in [2.75, 3.05) is 0 Å². The van der Waals surface area contributed by atoms with E-state index >= 15 is 0 Å². The molecule has 6 heteroatoms. The Kier molecular flexibility index (Phi) is 4.90. The minimum Gasteiger partial charge on any atom is -0.368 e. The molecule has 2 amide bonds. The van der Waals surface area contributed by atoms with Crippen molar-refractivity contribution in [3.8, 4) is 0 Å². The molecule has 0 radical (unpaired) electrons. The molecule has 0 saturated carbocycles. The summed E-state index contributed by atoms with van der Waals surface area (Å²) in [5.41, 5.74) is 6.46. The molecular weight excluding hydrogens is 290 g/mol. The minimum absolute atomic E-state index is 0.237. The molecule has 3 N–H and O–H groups in total. The molecule has 1 atom stereocenters. The first-order valence-corrected chi connectivity index (χ1v) is 6.69. The summed E-state index contributed by atoms with van der Waals surface area (Å²) in [5, 5.41) is 3.12. The van der Waals surface area contributed by atoms with Gasteiger partial charge in [-0.3, -0.25) is 14.6 Å². The Morgan fingerprint density at radius 3 is 2.62 bits per heavy atom. The predicted molar refractivity (Wildman–Crippen MR) is 79.8 cm³/mol. The summed E-state index contributed by atoms with van der Waals surface area (Å²) in [6.45, 7) is 0. The second-order valence-electron chi connectivity index (χ2n) is 4.47. The third-order valence-electron chi connectivity index (χ3n) is 2.95. The zero-order valence-corrected chi connectivity index (χ0v) is 11.9. The van der Waals surface area contributed by atoms with Crippen LogP contribution in [0.1, 0.15) is 15.9 Å². The fourth-order valence-corrected chi connectivity index (χ4v) is 2.06. The molecule has 0 bridgehead atoms. The molecule has 0 aliphatic carbocycles. The van der Waals surface area contributed by atoms with Crippen LogP contribution in [0.15, 0.2) is 48.8 Å². The molecule has 5 nitrogen and oxygen atoms in total. The van der Waals surface area contributed by atoms with Gasteiger partial charge in [-0.15, -0.1) is 0 Å². The van der Waals surface area contributed by atoms with Gasteiger partial charge in [0.2, 0.25) is 5.91 Å². The molecule has 1 aromatic carbocycles. The average Bonchev–Trinajstić information content (AvgIpc) is 2.49. The van der Waals surface area contributed by atoms with E-state index < -0.39 is 17.9 Å². The fourth-order valence-electron chi connectivity index (χ4n) is 1.85. The lowest BCUT2D eigenvalue weighted by Crippen LogP contribution is -2.45. The van der Waals surface area contributed by atoms with Crippen LogP contribution < -0.4 is 11.1 Å². The van der Waals surface area contributed by atoms with E-state index in [1.807, 2.05) is 6.07 Å². The molecule has 1 heterocycles. The van der Waals surface area contributed by atoms with Crippen LogP contribution in [0.3, 0.4) is 0 Å². The zero-order chi connectivity index (χ0) is 15.2. The molecule has 0 fully saturated rings. The smallest absolute Gasteiger partial charge is 0.253 e. The second kappa shape index (κ2) is 6.85. The molecule has 0 saturated heterocycles. The van der Waals surface area contributed by atoms with Crippen molar-refractivity contribution in [3.63, 3.8) is 0 Å². The summed E-state index contributed by atoms with van der Waals surface area (Å²) >= 11 is 6.05. The number of amides is 2. The number of nitrogens with zero attached hydrogens (tertiary/aromatic N) is 1. The summed E-state index contributed by atoms with van der Waals surface area (Å²) in [4.78, 5) is 27.4. The van der Waals surface area contributed by atoms with E-state index in [0.29, 0.717) is 10.6 Å². The Labute approximate surface area is 127 Å². The first-order chi connectivity index (χ1) is 10.1. The maximum absolute atomic E-state index is 12.0.